The maximum Gasteiger partial charge on any atom is 0.223 e. The topological polar surface area (TPSA) is 63.7 Å². The summed E-state index contributed by atoms with van der Waals surface area (Å²) in [5, 5.41) is 0. The van der Waals surface area contributed by atoms with E-state index in [2.05, 4.69) is 0 Å². The predicted octanol–water partition coefficient (Wildman–Crippen LogP) is 1.08. The van der Waals surface area contributed by atoms with Crippen molar-refractivity contribution in [1.82, 2.24) is 4.90 Å². The minimum Gasteiger partial charge on any atom is -0.383 e. The van der Waals surface area contributed by atoms with Crippen LogP contribution in [0.4, 0.5) is 0 Å². The maximum atomic E-state index is 12.3. The fourth-order valence-electron chi connectivity index (χ4n) is 2.28. The summed E-state index contributed by atoms with van der Waals surface area (Å²) in [6.07, 6.45) is 0.967. The lowest BCUT2D eigenvalue weighted by Crippen LogP contribution is -2.44. The molecule has 0 aromatic rings. The number of rotatable bonds is 5. The SMILES string of the molecule is COCCN(C(=O)CC(C)(C)C)C1CCS(=O)(=O)C1. The average Bonchev–Trinajstić information content (AvgIpc) is 2.57. The number of carbonyl (C=O) groups is 1. The van der Waals surface area contributed by atoms with Gasteiger partial charge in [0.2, 0.25) is 5.91 Å². The van der Waals surface area contributed by atoms with Gasteiger partial charge in [0.15, 0.2) is 9.84 Å². The molecule has 1 rings (SSSR count). The summed E-state index contributed by atoms with van der Waals surface area (Å²) in [6.45, 7) is 6.92. The van der Waals surface area contributed by atoms with Crippen LogP contribution >= 0.6 is 0 Å². The molecule has 0 aliphatic carbocycles. The molecule has 1 aliphatic rings. The molecule has 1 unspecified atom stereocenters. The van der Waals surface area contributed by atoms with Crippen molar-refractivity contribution in [2.24, 2.45) is 5.41 Å². The van der Waals surface area contributed by atoms with Crippen LogP contribution < -0.4 is 0 Å². The molecule has 0 spiro atoms. The Morgan fingerprint density at radius 1 is 1.37 bits per heavy atom. The van der Waals surface area contributed by atoms with Crippen molar-refractivity contribution in [3.8, 4) is 0 Å². The van der Waals surface area contributed by atoms with Gasteiger partial charge in [-0.3, -0.25) is 4.79 Å². The summed E-state index contributed by atoms with van der Waals surface area (Å²) in [7, 11) is -1.40. The number of sulfone groups is 1. The van der Waals surface area contributed by atoms with E-state index in [4.69, 9.17) is 4.74 Å². The number of hydrogen-bond acceptors (Lipinski definition) is 4. The lowest BCUT2D eigenvalue weighted by atomic mass is 9.91. The van der Waals surface area contributed by atoms with Gasteiger partial charge in [0, 0.05) is 26.1 Å². The fraction of sp³-hybridized carbons (Fsp3) is 0.923. The van der Waals surface area contributed by atoms with Gasteiger partial charge in [-0.1, -0.05) is 20.8 Å². The molecule has 6 heteroatoms. The van der Waals surface area contributed by atoms with Gasteiger partial charge in [-0.25, -0.2) is 8.42 Å². The Hall–Kier alpha value is -0.620. The van der Waals surface area contributed by atoms with E-state index in [1.54, 1.807) is 12.0 Å². The lowest BCUT2D eigenvalue weighted by molar-refractivity contribution is -0.135. The molecule has 5 nitrogen and oxygen atoms in total. The van der Waals surface area contributed by atoms with Crippen LogP contribution in [0, 0.1) is 5.41 Å². The third-order valence-electron chi connectivity index (χ3n) is 3.19. The van der Waals surface area contributed by atoms with E-state index >= 15 is 0 Å². The van der Waals surface area contributed by atoms with Gasteiger partial charge in [0.1, 0.15) is 0 Å². The molecule has 0 saturated carbocycles. The third-order valence-corrected chi connectivity index (χ3v) is 4.94. The van der Waals surface area contributed by atoms with Gasteiger partial charge in [-0.15, -0.1) is 0 Å². The Balaban J connectivity index is 2.74. The average molecular weight is 291 g/mol. The monoisotopic (exact) mass is 291 g/mol. The van der Waals surface area contributed by atoms with Crippen LogP contribution in [0.3, 0.4) is 0 Å². The second-order valence-electron chi connectivity index (χ2n) is 6.37. The Labute approximate surface area is 116 Å². The van der Waals surface area contributed by atoms with E-state index < -0.39 is 9.84 Å². The van der Waals surface area contributed by atoms with Crippen LogP contribution in [0.5, 0.6) is 0 Å². The standard InChI is InChI=1S/C13H25NO4S/c1-13(2,3)9-12(15)14(6-7-18-4)11-5-8-19(16,17)10-11/h11H,5-10H2,1-4H3. The molecule has 1 saturated heterocycles. The molecule has 0 aromatic heterocycles. The smallest absolute Gasteiger partial charge is 0.223 e. The van der Waals surface area contributed by atoms with Crippen LogP contribution in [0.25, 0.3) is 0 Å². The lowest BCUT2D eigenvalue weighted by Gasteiger charge is -2.30. The molecule has 112 valence electrons. The molecule has 1 atom stereocenters. The van der Waals surface area contributed by atoms with Gasteiger partial charge < -0.3 is 9.64 Å². The van der Waals surface area contributed by atoms with Gasteiger partial charge in [0.05, 0.1) is 18.1 Å². The number of hydrogen-bond donors (Lipinski definition) is 0. The zero-order valence-corrected chi connectivity index (χ0v) is 13.1. The van der Waals surface area contributed by atoms with E-state index in [1.165, 1.54) is 0 Å². The van der Waals surface area contributed by atoms with Crippen molar-refractivity contribution < 1.29 is 17.9 Å². The minimum atomic E-state index is -2.98. The van der Waals surface area contributed by atoms with Crippen LogP contribution in [0.2, 0.25) is 0 Å². The zero-order chi connectivity index (χ0) is 14.7. The van der Waals surface area contributed by atoms with Crippen molar-refractivity contribution in [2.45, 2.75) is 39.7 Å². The van der Waals surface area contributed by atoms with E-state index in [-0.39, 0.29) is 28.9 Å². The quantitative estimate of drug-likeness (QED) is 0.760. The van der Waals surface area contributed by atoms with Crippen molar-refractivity contribution in [3.63, 3.8) is 0 Å². The van der Waals surface area contributed by atoms with Crippen molar-refractivity contribution >= 4 is 15.7 Å². The number of amides is 1. The van der Waals surface area contributed by atoms with E-state index in [1.807, 2.05) is 20.8 Å². The fourth-order valence-corrected chi connectivity index (χ4v) is 4.01. The summed E-state index contributed by atoms with van der Waals surface area (Å²) >= 11 is 0. The number of ether oxygens (including phenoxy) is 1. The summed E-state index contributed by atoms with van der Waals surface area (Å²) in [5.41, 5.74) is -0.0973. The predicted molar refractivity (Wildman–Crippen MR) is 74.7 cm³/mol. The summed E-state index contributed by atoms with van der Waals surface area (Å²) in [6, 6.07) is -0.185. The molecular formula is C13H25NO4S. The van der Waals surface area contributed by atoms with Gasteiger partial charge >= 0.3 is 0 Å². The van der Waals surface area contributed by atoms with Gasteiger partial charge in [-0.05, 0) is 11.8 Å². The zero-order valence-electron chi connectivity index (χ0n) is 12.3. The van der Waals surface area contributed by atoms with E-state index in [0.29, 0.717) is 26.0 Å². The molecule has 1 aliphatic heterocycles. The number of methoxy groups -OCH3 is 1. The van der Waals surface area contributed by atoms with Crippen LogP contribution in [0.15, 0.2) is 0 Å². The summed E-state index contributed by atoms with van der Waals surface area (Å²) in [4.78, 5) is 14.0. The van der Waals surface area contributed by atoms with Crippen LogP contribution in [0.1, 0.15) is 33.6 Å². The highest BCUT2D eigenvalue weighted by molar-refractivity contribution is 7.91. The summed E-state index contributed by atoms with van der Waals surface area (Å²) in [5.74, 6) is 0.294. The first-order valence-electron chi connectivity index (χ1n) is 6.63. The maximum absolute atomic E-state index is 12.3. The van der Waals surface area contributed by atoms with Crippen LogP contribution in [-0.4, -0.2) is 57.0 Å². The first kappa shape index (κ1) is 16.4. The normalized spacial score (nSPS) is 22.4. The minimum absolute atomic E-state index is 0.0200. The highest BCUT2D eigenvalue weighted by atomic mass is 32.2. The molecule has 1 heterocycles. The molecule has 0 bridgehead atoms. The number of nitrogens with zero attached hydrogens (tertiary/aromatic N) is 1. The molecule has 0 radical (unpaired) electrons. The van der Waals surface area contributed by atoms with Crippen molar-refractivity contribution in [2.75, 3.05) is 31.8 Å². The molecular weight excluding hydrogens is 266 g/mol. The molecule has 0 aromatic carbocycles. The second-order valence-corrected chi connectivity index (χ2v) is 8.60. The second kappa shape index (κ2) is 6.22. The highest BCUT2D eigenvalue weighted by Gasteiger charge is 2.35. The Bertz CT molecular complexity index is 411. The van der Waals surface area contributed by atoms with E-state index in [9.17, 15) is 13.2 Å². The molecule has 1 amide bonds. The van der Waals surface area contributed by atoms with Crippen molar-refractivity contribution in [1.29, 1.82) is 0 Å². The Kier molecular flexibility index (Phi) is 5.38. The Morgan fingerprint density at radius 2 is 2.00 bits per heavy atom. The van der Waals surface area contributed by atoms with E-state index in [0.717, 1.165) is 0 Å². The summed E-state index contributed by atoms with van der Waals surface area (Å²) < 4.78 is 28.1. The van der Waals surface area contributed by atoms with Crippen LogP contribution in [-0.2, 0) is 19.4 Å². The van der Waals surface area contributed by atoms with Crippen molar-refractivity contribution in [3.05, 3.63) is 0 Å². The Morgan fingerprint density at radius 3 is 2.42 bits per heavy atom. The highest BCUT2D eigenvalue weighted by Crippen LogP contribution is 2.24. The third kappa shape index (κ3) is 5.48. The molecule has 1 fully saturated rings. The first-order valence-corrected chi connectivity index (χ1v) is 8.45. The molecule has 19 heavy (non-hydrogen) atoms. The van der Waals surface area contributed by atoms with Gasteiger partial charge in [-0.2, -0.15) is 0 Å². The number of carbonyl (C=O) groups excluding carboxylic acids is 1. The molecule has 0 N–H and O–H groups in total. The largest absolute Gasteiger partial charge is 0.383 e. The first-order chi connectivity index (χ1) is 8.64. The van der Waals surface area contributed by atoms with Gasteiger partial charge in [0.25, 0.3) is 0 Å².